The number of rotatable bonds is 8. The third kappa shape index (κ3) is 6.56. The average Bonchev–Trinajstić information content (AvgIpc) is 3.32. The molecule has 1 saturated heterocycles. The van der Waals surface area contributed by atoms with E-state index in [0.717, 1.165) is 41.8 Å². The van der Waals surface area contributed by atoms with Crippen molar-refractivity contribution in [1.82, 2.24) is 25.1 Å². The molecule has 0 radical (unpaired) electrons. The van der Waals surface area contributed by atoms with Gasteiger partial charge in [-0.2, -0.15) is 10.4 Å². The minimum atomic E-state index is -0.487. The highest BCUT2D eigenvalue weighted by molar-refractivity contribution is 5.95. The SMILES string of the molecule is CCC[C@H](C#N)NC(=O)c1ccc(-c2nc(Nc3cnn(C4CC(C)(C)OC(C)(C)C4)c3)ncc2C)cc1. The number of hydrogen-bond acceptors (Lipinski definition) is 7. The van der Waals surface area contributed by atoms with Crippen LogP contribution in [0.15, 0.2) is 42.9 Å². The first-order valence-electron chi connectivity index (χ1n) is 13.1. The number of nitrogens with zero attached hydrogens (tertiary/aromatic N) is 5. The Hall–Kier alpha value is -3.77. The van der Waals surface area contributed by atoms with Crippen molar-refractivity contribution in [3.05, 3.63) is 54.0 Å². The largest absolute Gasteiger partial charge is 0.370 e. The minimum Gasteiger partial charge on any atom is -0.370 e. The van der Waals surface area contributed by atoms with Gasteiger partial charge >= 0.3 is 0 Å². The number of nitrogens with one attached hydrogen (secondary N) is 2. The van der Waals surface area contributed by atoms with Crippen LogP contribution in [0.4, 0.5) is 11.6 Å². The van der Waals surface area contributed by atoms with E-state index in [1.54, 1.807) is 24.5 Å². The van der Waals surface area contributed by atoms with Gasteiger partial charge in [0.25, 0.3) is 5.91 Å². The van der Waals surface area contributed by atoms with E-state index in [1.165, 1.54) is 0 Å². The fraction of sp³-hybridized carbons (Fsp3) is 0.483. The van der Waals surface area contributed by atoms with Crippen LogP contribution in [0.25, 0.3) is 11.3 Å². The summed E-state index contributed by atoms with van der Waals surface area (Å²) in [7, 11) is 0. The van der Waals surface area contributed by atoms with Crippen LogP contribution < -0.4 is 10.6 Å². The quantitative estimate of drug-likeness (QED) is 0.394. The van der Waals surface area contributed by atoms with Gasteiger partial charge in [0.1, 0.15) is 6.04 Å². The van der Waals surface area contributed by atoms with E-state index in [1.807, 2.05) is 36.9 Å². The van der Waals surface area contributed by atoms with Crippen molar-refractivity contribution in [2.24, 2.45) is 0 Å². The van der Waals surface area contributed by atoms with Gasteiger partial charge in [0.2, 0.25) is 5.95 Å². The predicted molar refractivity (Wildman–Crippen MR) is 147 cm³/mol. The van der Waals surface area contributed by atoms with Gasteiger partial charge in [0.15, 0.2) is 0 Å². The van der Waals surface area contributed by atoms with Gasteiger partial charge in [-0.25, -0.2) is 9.97 Å². The highest BCUT2D eigenvalue weighted by Crippen LogP contribution is 2.40. The Morgan fingerprint density at radius 1 is 1.18 bits per heavy atom. The van der Waals surface area contributed by atoms with E-state index >= 15 is 0 Å². The molecule has 1 aliphatic rings. The van der Waals surface area contributed by atoms with Crippen molar-refractivity contribution >= 4 is 17.5 Å². The molecule has 0 saturated carbocycles. The molecule has 200 valence electrons. The van der Waals surface area contributed by atoms with E-state index in [2.05, 4.69) is 54.5 Å². The Morgan fingerprint density at radius 3 is 2.50 bits per heavy atom. The summed E-state index contributed by atoms with van der Waals surface area (Å²) < 4.78 is 8.23. The molecule has 9 heteroatoms. The molecule has 1 amide bonds. The molecule has 0 aliphatic carbocycles. The number of amides is 1. The first-order chi connectivity index (χ1) is 18.0. The van der Waals surface area contributed by atoms with Crippen LogP contribution in [-0.4, -0.2) is 42.9 Å². The van der Waals surface area contributed by atoms with Crippen molar-refractivity contribution < 1.29 is 9.53 Å². The molecule has 0 spiro atoms. The lowest BCUT2D eigenvalue weighted by Crippen LogP contribution is -2.45. The Kier molecular flexibility index (Phi) is 7.83. The standard InChI is InChI=1S/C29H37N7O2/c1-7-8-22(15-30)33-26(37)21-11-9-20(10-12-21)25-19(2)16-31-27(35-25)34-23-17-32-36(18-23)24-13-28(3,4)38-29(5,6)14-24/h9-12,16-18,22,24H,7-8,13-14H2,1-6H3,(H,33,37)(H,31,34,35)/t22-/m1/s1. The zero-order valence-electron chi connectivity index (χ0n) is 23.1. The lowest BCUT2D eigenvalue weighted by Gasteiger charge is -2.45. The summed E-state index contributed by atoms with van der Waals surface area (Å²) in [6.07, 6.45) is 8.78. The Balaban J connectivity index is 1.47. The average molecular weight is 516 g/mol. The third-order valence-electron chi connectivity index (χ3n) is 6.67. The molecule has 3 aromatic rings. The first-order valence-corrected chi connectivity index (χ1v) is 13.1. The molecular weight excluding hydrogens is 478 g/mol. The maximum Gasteiger partial charge on any atom is 0.252 e. The van der Waals surface area contributed by atoms with E-state index in [0.29, 0.717) is 17.9 Å². The second kappa shape index (κ2) is 10.9. The molecule has 2 aromatic heterocycles. The van der Waals surface area contributed by atoms with Crippen LogP contribution in [0, 0.1) is 18.3 Å². The van der Waals surface area contributed by atoms with Gasteiger partial charge < -0.3 is 15.4 Å². The first kappa shape index (κ1) is 27.3. The Bertz CT molecular complexity index is 1310. The minimum absolute atomic E-state index is 0.218. The fourth-order valence-electron chi connectivity index (χ4n) is 5.23. The molecule has 3 heterocycles. The number of hydrogen-bond donors (Lipinski definition) is 2. The topological polar surface area (TPSA) is 118 Å². The normalized spacial score (nSPS) is 17.4. The van der Waals surface area contributed by atoms with Crippen LogP contribution in [0.1, 0.15) is 82.3 Å². The summed E-state index contributed by atoms with van der Waals surface area (Å²) in [6, 6.07) is 9.11. The van der Waals surface area contributed by atoms with E-state index in [9.17, 15) is 10.1 Å². The maximum absolute atomic E-state index is 12.5. The molecule has 0 unspecified atom stereocenters. The molecule has 1 aromatic carbocycles. The molecule has 4 rings (SSSR count). The van der Waals surface area contributed by atoms with Crippen molar-refractivity contribution in [2.45, 2.75) is 90.5 Å². The molecule has 9 nitrogen and oxygen atoms in total. The van der Waals surface area contributed by atoms with Crippen LogP contribution >= 0.6 is 0 Å². The van der Waals surface area contributed by atoms with Gasteiger partial charge in [-0.05, 0) is 71.6 Å². The maximum atomic E-state index is 12.5. The van der Waals surface area contributed by atoms with E-state index in [4.69, 9.17) is 9.72 Å². The van der Waals surface area contributed by atoms with Gasteiger partial charge in [0, 0.05) is 23.5 Å². The van der Waals surface area contributed by atoms with Gasteiger partial charge in [-0.1, -0.05) is 25.5 Å². The van der Waals surface area contributed by atoms with Crippen molar-refractivity contribution in [3.63, 3.8) is 0 Å². The Morgan fingerprint density at radius 2 is 1.87 bits per heavy atom. The predicted octanol–water partition coefficient (Wildman–Crippen LogP) is 5.72. The number of anilines is 2. The van der Waals surface area contributed by atoms with Crippen molar-refractivity contribution in [1.29, 1.82) is 5.26 Å². The molecule has 1 fully saturated rings. The summed E-state index contributed by atoms with van der Waals surface area (Å²) in [5, 5.41) is 19.9. The molecule has 0 bridgehead atoms. The number of benzene rings is 1. The van der Waals surface area contributed by atoms with Crippen LogP contribution in [-0.2, 0) is 4.74 Å². The number of aromatic nitrogens is 4. The molecule has 1 atom stereocenters. The summed E-state index contributed by atoms with van der Waals surface area (Å²) >= 11 is 0. The van der Waals surface area contributed by atoms with E-state index < -0.39 is 6.04 Å². The van der Waals surface area contributed by atoms with Gasteiger partial charge in [-0.3, -0.25) is 9.48 Å². The number of carbonyl (C=O) groups is 1. The monoisotopic (exact) mass is 515 g/mol. The van der Waals surface area contributed by atoms with Crippen LogP contribution in [0.3, 0.4) is 0 Å². The summed E-state index contributed by atoms with van der Waals surface area (Å²) in [6.45, 7) is 12.4. The fourth-order valence-corrected chi connectivity index (χ4v) is 5.23. The number of ether oxygens (including phenoxy) is 1. The summed E-state index contributed by atoms with van der Waals surface area (Å²) in [5.41, 5.74) is 3.44. The summed E-state index contributed by atoms with van der Waals surface area (Å²) in [5.74, 6) is 0.211. The summed E-state index contributed by atoms with van der Waals surface area (Å²) in [4.78, 5) is 21.7. The smallest absolute Gasteiger partial charge is 0.252 e. The number of aryl methyl sites for hydroxylation is 1. The number of nitriles is 1. The van der Waals surface area contributed by atoms with Gasteiger partial charge in [0.05, 0.1) is 40.9 Å². The highest BCUT2D eigenvalue weighted by Gasteiger charge is 2.40. The zero-order chi connectivity index (χ0) is 27.5. The lowest BCUT2D eigenvalue weighted by atomic mass is 9.85. The lowest BCUT2D eigenvalue weighted by molar-refractivity contribution is -0.170. The molecule has 1 aliphatic heterocycles. The Labute approximate surface area is 224 Å². The third-order valence-corrected chi connectivity index (χ3v) is 6.67. The molecular formula is C29H37N7O2. The molecule has 2 N–H and O–H groups in total. The van der Waals surface area contributed by atoms with Crippen LogP contribution in [0.5, 0.6) is 0 Å². The van der Waals surface area contributed by atoms with Gasteiger partial charge in [-0.15, -0.1) is 0 Å². The zero-order valence-corrected chi connectivity index (χ0v) is 23.1. The van der Waals surface area contributed by atoms with Crippen molar-refractivity contribution in [3.8, 4) is 17.3 Å². The second-order valence-electron chi connectivity index (χ2n) is 11.3. The highest BCUT2D eigenvalue weighted by atomic mass is 16.5. The molecule has 38 heavy (non-hydrogen) atoms. The van der Waals surface area contributed by atoms with Crippen molar-refractivity contribution in [2.75, 3.05) is 5.32 Å². The second-order valence-corrected chi connectivity index (χ2v) is 11.3. The van der Waals surface area contributed by atoms with Crippen LogP contribution in [0.2, 0.25) is 0 Å². The number of carbonyl (C=O) groups excluding carboxylic acids is 1. The van der Waals surface area contributed by atoms with E-state index in [-0.39, 0.29) is 23.2 Å².